The van der Waals surface area contributed by atoms with E-state index < -0.39 is 18.2 Å². The van der Waals surface area contributed by atoms with Gasteiger partial charge >= 0.3 is 6.18 Å². The van der Waals surface area contributed by atoms with Crippen LogP contribution in [0.15, 0.2) is 30.6 Å². The van der Waals surface area contributed by atoms with E-state index in [1.807, 2.05) is 0 Å². The van der Waals surface area contributed by atoms with Gasteiger partial charge in [-0.15, -0.1) is 0 Å². The van der Waals surface area contributed by atoms with Crippen LogP contribution in [-0.2, 0) is 17.8 Å². The second kappa shape index (κ2) is 8.54. The molecule has 154 valence electrons. The predicted octanol–water partition coefficient (Wildman–Crippen LogP) is 2.65. The first-order chi connectivity index (χ1) is 13.7. The van der Waals surface area contributed by atoms with Crippen LogP contribution in [0.4, 0.5) is 13.2 Å². The van der Waals surface area contributed by atoms with Gasteiger partial charge < -0.3 is 10.1 Å². The summed E-state index contributed by atoms with van der Waals surface area (Å²) in [4.78, 5) is 36.1. The number of Topliss-reactive ketones (excluding diaryl/α,β-unsaturated/α-hetero) is 1. The van der Waals surface area contributed by atoms with Crippen LogP contribution < -0.4 is 10.1 Å². The number of amides is 1. The Morgan fingerprint density at radius 2 is 2.00 bits per heavy atom. The lowest BCUT2D eigenvalue weighted by molar-refractivity contribution is -0.189. The smallest absolute Gasteiger partial charge is 0.425 e. The van der Waals surface area contributed by atoms with Gasteiger partial charge in [-0.3, -0.25) is 9.59 Å². The Hall–Kier alpha value is -3.04. The van der Waals surface area contributed by atoms with Gasteiger partial charge in [0.2, 0.25) is 5.88 Å². The van der Waals surface area contributed by atoms with Gasteiger partial charge in [-0.2, -0.15) is 13.2 Å². The summed E-state index contributed by atoms with van der Waals surface area (Å²) >= 11 is 0. The molecule has 7 nitrogen and oxygen atoms in total. The van der Waals surface area contributed by atoms with Crippen molar-refractivity contribution in [3.05, 3.63) is 47.7 Å². The molecule has 1 amide bonds. The van der Waals surface area contributed by atoms with Gasteiger partial charge in [0.1, 0.15) is 17.3 Å². The SMILES string of the molecule is C[C@@H](Oc1ccc(CNC(=O)c2ccnc(CC(=O)C3CC3)n2)cn1)C(F)(F)F. The van der Waals surface area contributed by atoms with Crippen molar-refractivity contribution in [1.29, 1.82) is 0 Å². The highest BCUT2D eigenvalue weighted by molar-refractivity contribution is 5.92. The number of ether oxygens (including phenoxy) is 1. The molecule has 1 fully saturated rings. The lowest BCUT2D eigenvalue weighted by atomic mass is 10.2. The molecule has 0 aromatic carbocycles. The van der Waals surface area contributed by atoms with Gasteiger partial charge in [0.05, 0.1) is 6.42 Å². The maximum Gasteiger partial charge on any atom is 0.425 e. The molecule has 1 N–H and O–H groups in total. The number of alkyl halides is 3. The Morgan fingerprint density at radius 1 is 1.24 bits per heavy atom. The van der Waals surface area contributed by atoms with Crippen LogP contribution >= 0.6 is 0 Å². The molecule has 0 radical (unpaired) electrons. The number of rotatable bonds is 8. The standard InChI is InChI=1S/C19H19F3N4O3/c1-11(19(20,21)22)29-17-5-2-12(9-24-17)10-25-18(28)14-6-7-23-16(26-14)8-15(27)13-3-4-13/h2,5-7,9,11,13H,3-4,8,10H2,1H3,(H,25,28)/t11-/m1/s1. The fourth-order valence-corrected chi connectivity index (χ4v) is 2.42. The monoisotopic (exact) mass is 408 g/mol. The first-order valence-electron chi connectivity index (χ1n) is 9.03. The average Bonchev–Trinajstić information content (AvgIpc) is 3.52. The Labute approximate surface area is 164 Å². The van der Waals surface area contributed by atoms with Crippen molar-refractivity contribution in [3.63, 3.8) is 0 Å². The van der Waals surface area contributed by atoms with Crippen molar-refractivity contribution in [2.24, 2.45) is 5.92 Å². The van der Waals surface area contributed by atoms with Gasteiger partial charge in [0, 0.05) is 30.9 Å². The molecule has 1 saturated carbocycles. The zero-order valence-electron chi connectivity index (χ0n) is 15.6. The zero-order valence-corrected chi connectivity index (χ0v) is 15.6. The highest BCUT2D eigenvalue weighted by Crippen LogP contribution is 2.30. The van der Waals surface area contributed by atoms with Gasteiger partial charge in [-0.1, -0.05) is 6.07 Å². The van der Waals surface area contributed by atoms with Gasteiger partial charge in [0.25, 0.3) is 5.91 Å². The summed E-state index contributed by atoms with van der Waals surface area (Å²) in [5.41, 5.74) is 0.703. The number of carbonyl (C=O) groups excluding carboxylic acids is 2. The van der Waals surface area contributed by atoms with Crippen LogP contribution in [-0.4, -0.2) is 38.9 Å². The summed E-state index contributed by atoms with van der Waals surface area (Å²) in [6, 6.07) is 4.25. The van der Waals surface area contributed by atoms with Crippen LogP contribution in [0, 0.1) is 5.92 Å². The van der Waals surface area contributed by atoms with E-state index in [-0.39, 0.29) is 36.2 Å². The summed E-state index contributed by atoms with van der Waals surface area (Å²) in [6.45, 7) is 0.991. The van der Waals surface area contributed by atoms with E-state index in [0.717, 1.165) is 19.8 Å². The molecule has 0 unspecified atom stereocenters. The van der Waals surface area contributed by atoms with Gasteiger partial charge in [-0.05, 0) is 31.4 Å². The second-order valence-corrected chi connectivity index (χ2v) is 6.76. The Balaban J connectivity index is 1.53. The third kappa shape index (κ3) is 5.97. The normalized spacial score (nSPS) is 14.9. The summed E-state index contributed by atoms with van der Waals surface area (Å²) < 4.78 is 42.2. The zero-order chi connectivity index (χ0) is 21.0. The number of hydrogen-bond acceptors (Lipinski definition) is 6. The first-order valence-corrected chi connectivity index (χ1v) is 9.03. The van der Waals surface area contributed by atoms with E-state index in [9.17, 15) is 22.8 Å². The van der Waals surface area contributed by atoms with Crippen molar-refractivity contribution in [3.8, 4) is 5.88 Å². The fourth-order valence-electron chi connectivity index (χ4n) is 2.42. The van der Waals surface area contributed by atoms with E-state index in [1.54, 1.807) is 0 Å². The molecule has 0 saturated heterocycles. The third-order valence-corrected chi connectivity index (χ3v) is 4.31. The van der Waals surface area contributed by atoms with Crippen LogP contribution in [0.2, 0.25) is 0 Å². The summed E-state index contributed by atoms with van der Waals surface area (Å²) in [6.07, 6.45) is -1.82. The quantitative estimate of drug-likeness (QED) is 0.722. The lowest BCUT2D eigenvalue weighted by Crippen LogP contribution is -2.31. The molecule has 29 heavy (non-hydrogen) atoms. The van der Waals surface area contributed by atoms with E-state index in [0.29, 0.717) is 11.4 Å². The number of ketones is 1. The number of nitrogens with zero attached hydrogens (tertiary/aromatic N) is 3. The lowest BCUT2D eigenvalue weighted by Gasteiger charge is -2.16. The maximum atomic E-state index is 12.5. The van der Waals surface area contributed by atoms with Gasteiger partial charge in [-0.25, -0.2) is 15.0 Å². The number of carbonyl (C=O) groups is 2. The highest BCUT2D eigenvalue weighted by atomic mass is 19.4. The third-order valence-electron chi connectivity index (χ3n) is 4.31. The molecular formula is C19H19F3N4O3. The molecule has 0 aliphatic heterocycles. The summed E-state index contributed by atoms with van der Waals surface area (Å²) in [5.74, 6) is -0.147. The minimum absolute atomic E-state index is 0.0794. The van der Waals surface area contributed by atoms with Gasteiger partial charge in [0.15, 0.2) is 6.10 Å². The van der Waals surface area contributed by atoms with E-state index in [2.05, 4.69) is 20.3 Å². The van der Waals surface area contributed by atoms with E-state index >= 15 is 0 Å². The average molecular weight is 408 g/mol. The Bertz CT molecular complexity index is 883. The first kappa shape index (κ1) is 20.7. The largest absolute Gasteiger partial charge is 0.465 e. The maximum absolute atomic E-state index is 12.5. The minimum atomic E-state index is -4.48. The van der Waals surface area contributed by atoms with Crippen molar-refractivity contribution >= 4 is 11.7 Å². The van der Waals surface area contributed by atoms with Crippen molar-refractivity contribution in [2.75, 3.05) is 0 Å². The Morgan fingerprint density at radius 3 is 2.62 bits per heavy atom. The molecular weight excluding hydrogens is 389 g/mol. The molecule has 2 heterocycles. The molecule has 10 heteroatoms. The minimum Gasteiger partial charge on any atom is -0.465 e. The number of halogens is 3. The fraction of sp³-hybridized carbons (Fsp3) is 0.421. The van der Waals surface area contributed by atoms with Crippen molar-refractivity contribution in [1.82, 2.24) is 20.3 Å². The van der Waals surface area contributed by atoms with Crippen LogP contribution in [0.1, 0.15) is 41.6 Å². The topological polar surface area (TPSA) is 94.1 Å². The molecule has 0 bridgehead atoms. The Kier molecular flexibility index (Phi) is 6.09. The van der Waals surface area contributed by atoms with E-state index in [4.69, 9.17) is 4.74 Å². The van der Waals surface area contributed by atoms with E-state index in [1.165, 1.54) is 30.6 Å². The van der Waals surface area contributed by atoms with Crippen molar-refractivity contribution in [2.45, 2.75) is 45.0 Å². The molecule has 1 atom stereocenters. The number of aromatic nitrogens is 3. The number of pyridine rings is 1. The number of hydrogen-bond donors (Lipinski definition) is 1. The summed E-state index contributed by atoms with van der Waals surface area (Å²) in [5, 5.41) is 2.64. The summed E-state index contributed by atoms with van der Waals surface area (Å²) in [7, 11) is 0. The molecule has 2 aromatic heterocycles. The molecule has 3 rings (SSSR count). The molecule has 2 aromatic rings. The van der Waals surface area contributed by atoms with Crippen LogP contribution in [0.5, 0.6) is 5.88 Å². The molecule has 1 aliphatic carbocycles. The predicted molar refractivity (Wildman–Crippen MR) is 95.0 cm³/mol. The molecule has 0 spiro atoms. The second-order valence-electron chi connectivity index (χ2n) is 6.76. The van der Waals surface area contributed by atoms with Crippen LogP contribution in [0.3, 0.4) is 0 Å². The molecule has 1 aliphatic rings. The highest BCUT2D eigenvalue weighted by Gasteiger charge is 2.38. The number of nitrogens with one attached hydrogen (secondary N) is 1. The van der Waals surface area contributed by atoms with Crippen LogP contribution in [0.25, 0.3) is 0 Å². The van der Waals surface area contributed by atoms with Crippen molar-refractivity contribution < 1.29 is 27.5 Å².